The molecule has 0 spiro atoms. The van der Waals surface area contributed by atoms with E-state index < -0.39 is 0 Å². The average molecular weight is 492 g/mol. The summed E-state index contributed by atoms with van der Waals surface area (Å²) in [5.74, 6) is 0.311. The Bertz CT molecular complexity index is 1740. The fraction of sp³-hybridized carbons (Fsp3) is 0.0556. The van der Waals surface area contributed by atoms with Crippen molar-refractivity contribution in [2.24, 2.45) is 0 Å². The molecule has 0 aliphatic carbocycles. The van der Waals surface area contributed by atoms with Gasteiger partial charge < -0.3 is 10.4 Å². The largest absolute Gasteiger partial charge is 0.507 e. The molecule has 0 amide bonds. The lowest BCUT2D eigenvalue weighted by Gasteiger charge is -2.14. The van der Waals surface area contributed by atoms with Gasteiger partial charge in [-0.3, -0.25) is 0 Å². The van der Waals surface area contributed by atoms with E-state index in [0.29, 0.717) is 5.75 Å². The van der Waals surface area contributed by atoms with Crippen LogP contribution in [-0.2, 0) is 0 Å². The molecule has 0 unspecified atom stereocenters. The summed E-state index contributed by atoms with van der Waals surface area (Å²) >= 11 is 0. The van der Waals surface area contributed by atoms with Crippen molar-refractivity contribution in [3.8, 4) is 39.1 Å². The highest BCUT2D eigenvalue weighted by atomic mass is 16.3. The Morgan fingerprint density at radius 1 is 0.474 bits per heavy atom. The lowest BCUT2D eigenvalue weighted by molar-refractivity contribution is 0.479. The highest BCUT2D eigenvalue weighted by Crippen LogP contribution is 2.40. The maximum atomic E-state index is 11.2. The molecule has 184 valence electrons. The molecule has 38 heavy (non-hydrogen) atoms. The minimum Gasteiger partial charge on any atom is -0.507 e. The number of nitrogens with one attached hydrogen (secondary N) is 1. The molecule has 0 radical (unpaired) electrons. The topological polar surface area (TPSA) is 32.3 Å². The lowest BCUT2D eigenvalue weighted by atomic mass is 9.94. The van der Waals surface area contributed by atoms with Crippen LogP contribution in [0.1, 0.15) is 11.1 Å². The Morgan fingerprint density at radius 3 is 1.74 bits per heavy atom. The molecule has 2 N–H and O–H groups in total. The Kier molecular flexibility index (Phi) is 6.15. The fourth-order valence-corrected chi connectivity index (χ4v) is 5.14. The number of hydrogen-bond acceptors (Lipinski definition) is 2. The van der Waals surface area contributed by atoms with Crippen LogP contribution in [0.4, 0.5) is 11.4 Å². The van der Waals surface area contributed by atoms with E-state index in [1.165, 1.54) is 27.5 Å². The molecule has 2 nitrogen and oxygen atoms in total. The van der Waals surface area contributed by atoms with Crippen LogP contribution in [-0.4, -0.2) is 5.11 Å². The van der Waals surface area contributed by atoms with Crippen molar-refractivity contribution in [3.63, 3.8) is 0 Å². The summed E-state index contributed by atoms with van der Waals surface area (Å²) in [5.41, 5.74) is 10.5. The van der Waals surface area contributed by atoms with Crippen LogP contribution in [0.2, 0.25) is 0 Å². The van der Waals surface area contributed by atoms with E-state index in [1.54, 1.807) is 0 Å². The summed E-state index contributed by atoms with van der Waals surface area (Å²) < 4.78 is 0. The second kappa shape index (κ2) is 9.91. The van der Waals surface area contributed by atoms with Crippen LogP contribution in [0, 0.1) is 13.8 Å². The number of anilines is 2. The Labute approximate surface area is 223 Å². The first-order valence-corrected chi connectivity index (χ1v) is 12.9. The van der Waals surface area contributed by atoms with E-state index in [4.69, 9.17) is 0 Å². The van der Waals surface area contributed by atoms with Crippen LogP contribution in [0.3, 0.4) is 0 Å². The summed E-state index contributed by atoms with van der Waals surface area (Å²) in [5, 5.41) is 17.2. The number of phenols is 1. The van der Waals surface area contributed by atoms with E-state index in [0.717, 1.165) is 39.2 Å². The smallest absolute Gasteiger partial charge is 0.131 e. The molecule has 6 aromatic rings. The first kappa shape index (κ1) is 23.6. The van der Waals surface area contributed by atoms with Crippen LogP contribution < -0.4 is 5.32 Å². The molecule has 0 bridgehead atoms. The molecule has 0 saturated heterocycles. The van der Waals surface area contributed by atoms with Gasteiger partial charge in [0.25, 0.3) is 0 Å². The van der Waals surface area contributed by atoms with Crippen LogP contribution in [0.5, 0.6) is 5.75 Å². The number of aromatic hydroxyl groups is 1. The molecule has 0 atom stereocenters. The Hall–Kier alpha value is -4.82. The summed E-state index contributed by atoms with van der Waals surface area (Å²) in [6.45, 7) is 4.14. The van der Waals surface area contributed by atoms with Crippen molar-refractivity contribution in [1.82, 2.24) is 0 Å². The second-order valence-electron chi connectivity index (χ2n) is 9.88. The van der Waals surface area contributed by atoms with Crippen LogP contribution >= 0.6 is 0 Å². The Morgan fingerprint density at radius 2 is 1.05 bits per heavy atom. The van der Waals surface area contributed by atoms with Gasteiger partial charge in [-0.25, -0.2) is 0 Å². The van der Waals surface area contributed by atoms with Crippen LogP contribution in [0.15, 0.2) is 127 Å². The lowest BCUT2D eigenvalue weighted by Crippen LogP contribution is -1.91. The number of fused-ring (bicyclic) bond motifs is 1. The molecule has 0 fully saturated rings. The Balaban J connectivity index is 1.24. The third-order valence-electron chi connectivity index (χ3n) is 7.05. The molecule has 6 rings (SSSR count). The van der Waals surface area contributed by atoms with Gasteiger partial charge in [0.05, 0.1) is 0 Å². The van der Waals surface area contributed by atoms with Gasteiger partial charge in [-0.2, -0.15) is 0 Å². The molecule has 0 aliphatic rings. The molecule has 2 heteroatoms. The van der Waals surface area contributed by atoms with Crippen molar-refractivity contribution < 1.29 is 5.11 Å². The van der Waals surface area contributed by atoms with Gasteiger partial charge in [0, 0.05) is 22.5 Å². The van der Waals surface area contributed by atoms with Crippen molar-refractivity contribution in [2.75, 3.05) is 5.32 Å². The minimum atomic E-state index is 0.311. The third kappa shape index (κ3) is 4.65. The number of aryl methyl sites for hydroxylation is 2. The molecule has 0 aliphatic heterocycles. The summed E-state index contributed by atoms with van der Waals surface area (Å²) in [6.07, 6.45) is 0. The average Bonchev–Trinajstić information content (AvgIpc) is 2.95. The SMILES string of the molecule is Cc1cccc(-c2cc(C)cc(-c3ccc(Nc4ccc(-c5cccc6ccccc56)cc4)cc3)c2O)c1. The number of hydrogen-bond donors (Lipinski definition) is 2. The zero-order valence-electron chi connectivity index (χ0n) is 21.6. The first-order valence-electron chi connectivity index (χ1n) is 12.9. The zero-order chi connectivity index (χ0) is 26.1. The number of phenolic OH excluding ortho intramolecular Hbond substituents is 1. The summed E-state index contributed by atoms with van der Waals surface area (Å²) in [6, 6.07) is 44.1. The molecule has 0 heterocycles. The molecular formula is C36H29NO. The molecule has 0 aromatic heterocycles. The molecular weight excluding hydrogens is 462 g/mol. The quantitative estimate of drug-likeness (QED) is 0.251. The van der Waals surface area contributed by atoms with Gasteiger partial charge in [0.1, 0.15) is 5.75 Å². The maximum Gasteiger partial charge on any atom is 0.131 e. The van der Waals surface area contributed by atoms with Gasteiger partial charge in [-0.15, -0.1) is 0 Å². The predicted octanol–water partition coefficient (Wildman–Crippen LogP) is 9.91. The summed E-state index contributed by atoms with van der Waals surface area (Å²) in [4.78, 5) is 0. The van der Waals surface area contributed by atoms with E-state index >= 15 is 0 Å². The van der Waals surface area contributed by atoms with Gasteiger partial charge in [0.15, 0.2) is 0 Å². The predicted molar refractivity (Wildman–Crippen MR) is 161 cm³/mol. The highest BCUT2D eigenvalue weighted by Gasteiger charge is 2.13. The van der Waals surface area contributed by atoms with Gasteiger partial charge >= 0.3 is 0 Å². The molecule has 0 saturated carbocycles. The third-order valence-corrected chi connectivity index (χ3v) is 7.05. The van der Waals surface area contributed by atoms with E-state index in [-0.39, 0.29) is 0 Å². The van der Waals surface area contributed by atoms with Crippen LogP contribution in [0.25, 0.3) is 44.2 Å². The number of benzene rings is 6. The maximum absolute atomic E-state index is 11.2. The standard InChI is InChI=1S/C36H29NO/c1-24-7-5-10-29(21-24)35-23-25(2)22-34(36(35)38)28-15-19-31(20-16-28)37-30-17-13-27(14-18-30)33-12-6-9-26-8-3-4-11-32(26)33/h3-23,37-38H,1-2H3. The first-order chi connectivity index (χ1) is 18.5. The monoisotopic (exact) mass is 491 g/mol. The number of rotatable bonds is 5. The van der Waals surface area contributed by atoms with Crippen molar-refractivity contribution >= 4 is 22.1 Å². The van der Waals surface area contributed by atoms with E-state index in [1.807, 2.05) is 24.3 Å². The van der Waals surface area contributed by atoms with Crippen molar-refractivity contribution in [1.29, 1.82) is 0 Å². The van der Waals surface area contributed by atoms with Crippen molar-refractivity contribution in [2.45, 2.75) is 13.8 Å². The van der Waals surface area contributed by atoms with Gasteiger partial charge in [0.2, 0.25) is 0 Å². The van der Waals surface area contributed by atoms with E-state index in [2.05, 4.69) is 122 Å². The fourth-order valence-electron chi connectivity index (χ4n) is 5.14. The molecule has 6 aromatic carbocycles. The van der Waals surface area contributed by atoms with Gasteiger partial charge in [-0.05, 0) is 88.8 Å². The normalized spacial score (nSPS) is 11.0. The van der Waals surface area contributed by atoms with Gasteiger partial charge in [-0.1, -0.05) is 96.6 Å². The minimum absolute atomic E-state index is 0.311. The highest BCUT2D eigenvalue weighted by molar-refractivity contribution is 5.96. The van der Waals surface area contributed by atoms with Crippen molar-refractivity contribution in [3.05, 3.63) is 139 Å². The summed E-state index contributed by atoms with van der Waals surface area (Å²) in [7, 11) is 0. The van der Waals surface area contributed by atoms with E-state index in [9.17, 15) is 5.11 Å². The zero-order valence-corrected chi connectivity index (χ0v) is 21.6. The second-order valence-corrected chi connectivity index (χ2v) is 9.88.